The van der Waals surface area contributed by atoms with E-state index in [1.807, 2.05) is 19.1 Å². The van der Waals surface area contributed by atoms with Crippen LogP contribution in [0.15, 0.2) is 57.8 Å². The Morgan fingerprint density at radius 1 is 1.08 bits per heavy atom. The maximum atomic E-state index is 12.4. The lowest BCUT2D eigenvalue weighted by Crippen LogP contribution is -2.23. The third kappa shape index (κ3) is 3.92. The molecule has 8 heteroatoms. The van der Waals surface area contributed by atoms with Crippen molar-refractivity contribution >= 4 is 10.0 Å². The van der Waals surface area contributed by atoms with Crippen LogP contribution in [0.2, 0.25) is 0 Å². The van der Waals surface area contributed by atoms with Crippen molar-refractivity contribution in [3.8, 4) is 17.2 Å². The Bertz CT molecular complexity index is 982. The van der Waals surface area contributed by atoms with E-state index in [4.69, 9.17) is 9.15 Å². The average molecular weight is 373 g/mol. The minimum absolute atomic E-state index is 0.0972. The largest absolute Gasteiger partial charge is 0.496 e. The third-order valence-electron chi connectivity index (χ3n) is 3.86. The molecule has 0 saturated carbocycles. The Morgan fingerprint density at radius 3 is 2.50 bits per heavy atom. The van der Waals surface area contributed by atoms with Gasteiger partial charge in [-0.1, -0.05) is 31.2 Å². The quantitative estimate of drug-likeness (QED) is 0.684. The fraction of sp³-hybridized carbons (Fsp3) is 0.222. The van der Waals surface area contributed by atoms with Crippen molar-refractivity contribution in [2.24, 2.45) is 0 Å². The molecule has 3 aromatic rings. The average Bonchev–Trinajstić information content (AvgIpc) is 3.15. The first-order valence-electron chi connectivity index (χ1n) is 8.08. The molecule has 0 saturated heterocycles. The van der Waals surface area contributed by atoms with E-state index in [9.17, 15) is 8.42 Å². The summed E-state index contributed by atoms with van der Waals surface area (Å²) >= 11 is 0. The Labute approximate surface area is 152 Å². The van der Waals surface area contributed by atoms with Gasteiger partial charge in [0.1, 0.15) is 5.75 Å². The predicted molar refractivity (Wildman–Crippen MR) is 96.1 cm³/mol. The lowest BCUT2D eigenvalue weighted by molar-refractivity contribution is 0.413. The second-order valence-corrected chi connectivity index (χ2v) is 7.29. The van der Waals surface area contributed by atoms with Gasteiger partial charge in [0, 0.05) is 0 Å². The number of aryl methyl sites for hydroxylation is 1. The summed E-state index contributed by atoms with van der Waals surface area (Å²) in [5, 5.41) is 7.85. The summed E-state index contributed by atoms with van der Waals surface area (Å²) in [4.78, 5) is 0.194. The van der Waals surface area contributed by atoms with E-state index in [-0.39, 0.29) is 23.2 Å². The van der Waals surface area contributed by atoms with E-state index in [0.29, 0.717) is 11.3 Å². The third-order valence-corrected chi connectivity index (χ3v) is 5.28. The molecule has 0 unspecified atom stereocenters. The summed E-state index contributed by atoms with van der Waals surface area (Å²) in [6.45, 7) is 1.91. The highest BCUT2D eigenvalue weighted by atomic mass is 32.2. The first-order valence-corrected chi connectivity index (χ1v) is 9.56. The number of hydrogen-bond acceptors (Lipinski definition) is 6. The highest BCUT2D eigenvalue weighted by molar-refractivity contribution is 7.89. The molecule has 1 N–H and O–H groups in total. The fourth-order valence-electron chi connectivity index (χ4n) is 2.40. The van der Waals surface area contributed by atoms with Crippen LogP contribution in [0.25, 0.3) is 11.5 Å². The van der Waals surface area contributed by atoms with Crippen molar-refractivity contribution in [1.82, 2.24) is 14.9 Å². The first kappa shape index (κ1) is 18.1. The van der Waals surface area contributed by atoms with Crippen LogP contribution in [0.4, 0.5) is 0 Å². The van der Waals surface area contributed by atoms with Gasteiger partial charge in [0.25, 0.3) is 5.89 Å². The number of ether oxygens (including phenoxy) is 1. The molecular weight excluding hydrogens is 354 g/mol. The van der Waals surface area contributed by atoms with E-state index in [1.165, 1.54) is 0 Å². The molecule has 0 spiro atoms. The van der Waals surface area contributed by atoms with Gasteiger partial charge in [-0.3, -0.25) is 0 Å². The molecule has 0 atom stereocenters. The standard InChI is InChI=1S/C18H19N3O4S/c1-3-13-8-10-14(11-9-13)26(22,23)19-12-17-20-21-18(25-17)15-6-4-5-7-16(15)24-2/h4-11,19H,3,12H2,1-2H3. The topological polar surface area (TPSA) is 94.3 Å². The number of aromatic nitrogens is 2. The monoisotopic (exact) mass is 373 g/mol. The van der Waals surface area contributed by atoms with Crippen molar-refractivity contribution in [3.05, 3.63) is 60.0 Å². The molecule has 7 nitrogen and oxygen atoms in total. The van der Waals surface area contributed by atoms with Gasteiger partial charge in [0.05, 0.1) is 24.1 Å². The van der Waals surface area contributed by atoms with Gasteiger partial charge in [-0.2, -0.15) is 0 Å². The van der Waals surface area contributed by atoms with Gasteiger partial charge in [-0.25, -0.2) is 13.1 Å². The highest BCUT2D eigenvalue weighted by Crippen LogP contribution is 2.28. The smallest absolute Gasteiger partial charge is 0.251 e. The maximum Gasteiger partial charge on any atom is 0.251 e. The zero-order chi connectivity index (χ0) is 18.6. The number of nitrogens with zero attached hydrogens (tertiary/aromatic N) is 2. The van der Waals surface area contributed by atoms with Crippen LogP contribution in [0, 0.1) is 0 Å². The van der Waals surface area contributed by atoms with Gasteiger partial charge in [0.15, 0.2) is 0 Å². The summed E-state index contributed by atoms with van der Waals surface area (Å²) in [6.07, 6.45) is 0.849. The lowest BCUT2D eigenvalue weighted by atomic mass is 10.2. The van der Waals surface area contributed by atoms with Crippen LogP contribution in [0.1, 0.15) is 18.4 Å². The molecule has 0 aliphatic heterocycles. The van der Waals surface area contributed by atoms with Crippen LogP contribution >= 0.6 is 0 Å². The van der Waals surface area contributed by atoms with Crippen molar-refractivity contribution in [1.29, 1.82) is 0 Å². The number of nitrogens with one attached hydrogen (secondary N) is 1. The van der Waals surface area contributed by atoms with E-state index in [2.05, 4.69) is 14.9 Å². The molecule has 0 aliphatic carbocycles. The van der Waals surface area contributed by atoms with Crippen LogP contribution in [-0.4, -0.2) is 25.7 Å². The number of sulfonamides is 1. The number of para-hydroxylation sites is 1. The zero-order valence-corrected chi connectivity index (χ0v) is 15.3. The number of methoxy groups -OCH3 is 1. The van der Waals surface area contributed by atoms with E-state index in [1.54, 1.807) is 43.5 Å². The maximum absolute atomic E-state index is 12.4. The molecular formula is C18H19N3O4S. The Hall–Kier alpha value is -2.71. The van der Waals surface area contributed by atoms with Crippen LogP contribution in [-0.2, 0) is 23.0 Å². The van der Waals surface area contributed by atoms with Crippen molar-refractivity contribution in [3.63, 3.8) is 0 Å². The van der Waals surface area contributed by atoms with Crippen LogP contribution in [0.5, 0.6) is 5.75 Å². The van der Waals surface area contributed by atoms with E-state index in [0.717, 1.165) is 12.0 Å². The molecule has 136 valence electrons. The SMILES string of the molecule is CCc1ccc(S(=O)(=O)NCc2nnc(-c3ccccc3OC)o2)cc1. The fourth-order valence-corrected chi connectivity index (χ4v) is 3.37. The highest BCUT2D eigenvalue weighted by Gasteiger charge is 2.17. The second-order valence-electron chi connectivity index (χ2n) is 5.52. The van der Waals surface area contributed by atoms with E-state index < -0.39 is 10.0 Å². The molecule has 0 bridgehead atoms. The number of benzene rings is 2. The van der Waals surface area contributed by atoms with Gasteiger partial charge < -0.3 is 9.15 Å². The Kier molecular flexibility index (Phi) is 5.34. The van der Waals surface area contributed by atoms with Gasteiger partial charge in [-0.05, 0) is 36.2 Å². The molecule has 0 aliphatic rings. The second kappa shape index (κ2) is 7.67. The summed E-state index contributed by atoms with van der Waals surface area (Å²) in [5.41, 5.74) is 1.72. The molecule has 3 rings (SSSR count). The molecule has 1 heterocycles. The van der Waals surface area contributed by atoms with Gasteiger partial charge in [0.2, 0.25) is 15.9 Å². The number of hydrogen-bond donors (Lipinski definition) is 1. The Balaban J connectivity index is 1.73. The van der Waals surface area contributed by atoms with Gasteiger partial charge >= 0.3 is 0 Å². The Morgan fingerprint density at radius 2 is 1.81 bits per heavy atom. The normalized spacial score (nSPS) is 11.5. The summed E-state index contributed by atoms with van der Waals surface area (Å²) in [7, 11) is -2.10. The summed E-state index contributed by atoms with van der Waals surface area (Å²) in [5.74, 6) is 1.03. The molecule has 0 radical (unpaired) electrons. The van der Waals surface area contributed by atoms with Crippen molar-refractivity contribution in [2.75, 3.05) is 7.11 Å². The molecule has 26 heavy (non-hydrogen) atoms. The molecule has 2 aromatic carbocycles. The van der Waals surface area contributed by atoms with E-state index >= 15 is 0 Å². The zero-order valence-electron chi connectivity index (χ0n) is 14.5. The van der Waals surface area contributed by atoms with Crippen molar-refractivity contribution in [2.45, 2.75) is 24.8 Å². The van der Waals surface area contributed by atoms with Crippen LogP contribution < -0.4 is 9.46 Å². The first-order chi connectivity index (χ1) is 12.5. The summed E-state index contributed by atoms with van der Waals surface area (Å²) < 4.78 is 38.0. The summed E-state index contributed by atoms with van der Waals surface area (Å²) in [6, 6.07) is 14.0. The minimum atomic E-state index is -3.65. The van der Waals surface area contributed by atoms with Crippen LogP contribution in [0.3, 0.4) is 0 Å². The molecule has 0 amide bonds. The lowest BCUT2D eigenvalue weighted by Gasteiger charge is -2.05. The van der Waals surface area contributed by atoms with Gasteiger partial charge in [-0.15, -0.1) is 10.2 Å². The molecule has 1 aromatic heterocycles. The molecule has 0 fully saturated rings. The van der Waals surface area contributed by atoms with Crippen molar-refractivity contribution < 1.29 is 17.6 Å². The predicted octanol–water partition coefficient (Wildman–Crippen LogP) is 2.79. The number of rotatable bonds is 7. The minimum Gasteiger partial charge on any atom is -0.496 e.